The highest BCUT2D eigenvalue weighted by molar-refractivity contribution is 9.10. The number of esters is 1. The molecule has 5 rings (SSSR count). The predicted molar refractivity (Wildman–Crippen MR) is 137 cm³/mol. The molecule has 0 N–H and O–H groups in total. The maximum absolute atomic E-state index is 13.7. The third-order valence-electron chi connectivity index (χ3n) is 6.12. The summed E-state index contributed by atoms with van der Waals surface area (Å²) in [5.74, 6) is 1.14. The Hall–Kier alpha value is -3.17. The average Bonchev–Trinajstić information content (AvgIpc) is 3.41. The molecular weight excluding hydrogens is 532 g/mol. The topological polar surface area (TPSA) is 79.1 Å². The monoisotopic (exact) mass is 554 g/mol. The molecule has 2 aliphatic heterocycles. The lowest BCUT2D eigenvalue weighted by atomic mass is 9.93. The van der Waals surface area contributed by atoms with Gasteiger partial charge in [0.25, 0.3) is 5.56 Å². The van der Waals surface area contributed by atoms with Crippen molar-refractivity contribution < 1.29 is 19.0 Å². The standard InChI is InChI=1S/C26H23BrN2O5S/c1-13(2)15-5-7-16(8-6-15)23-22(25(31)32-4)14(3)28-26-29(23)24(30)21(35-26)10-17-9-19-20(11-18(17)27)34-12-33-19/h5-11,13,23H,12H2,1-4H3/b21-10-/t23-/m1/s1. The first kappa shape index (κ1) is 23.6. The van der Waals surface area contributed by atoms with Crippen molar-refractivity contribution >= 4 is 39.3 Å². The van der Waals surface area contributed by atoms with Crippen LogP contribution in [0.25, 0.3) is 6.08 Å². The van der Waals surface area contributed by atoms with Crippen LogP contribution in [0.3, 0.4) is 0 Å². The molecule has 1 aromatic heterocycles. The maximum Gasteiger partial charge on any atom is 0.338 e. The molecule has 1 atom stereocenters. The first-order valence-electron chi connectivity index (χ1n) is 11.1. The van der Waals surface area contributed by atoms with Crippen molar-refractivity contribution in [2.75, 3.05) is 13.9 Å². The Labute approximate surface area is 214 Å². The molecule has 3 aromatic rings. The molecule has 2 aromatic carbocycles. The fourth-order valence-corrected chi connectivity index (χ4v) is 5.73. The van der Waals surface area contributed by atoms with Crippen LogP contribution in [0.1, 0.15) is 49.4 Å². The maximum atomic E-state index is 13.7. The van der Waals surface area contributed by atoms with Crippen LogP contribution in [0.4, 0.5) is 0 Å². The van der Waals surface area contributed by atoms with Crippen LogP contribution in [0.15, 0.2) is 61.9 Å². The zero-order valence-electron chi connectivity index (χ0n) is 19.6. The summed E-state index contributed by atoms with van der Waals surface area (Å²) in [6, 6.07) is 11.0. The number of carbonyl (C=O) groups is 1. The fourth-order valence-electron chi connectivity index (χ4n) is 4.26. The summed E-state index contributed by atoms with van der Waals surface area (Å²) in [5.41, 5.74) is 3.43. The molecule has 0 unspecified atom stereocenters. The van der Waals surface area contributed by atoms with Crippen LogP contribution in [-0.4, -0.2) is 24.4 Å². The highest BCUT2D eigenvalue weighted by atomic mass is 79.9. The number of benzene rings is 2. The second-order valence-electron chi connectivity index (χ2n) is 8.62. The Kier molecular flexibility index (Phi) is 6.14. The number of fused-ring (bicyclic) bond motifs is 2. The van der Waals surface area contributed by atoms with Crippen molar-refractivity contribution in [1.29, 1.82) is 0 Å². The number of rotatable bonds is 4. The molecule has 0 fully saturated rings. The average molecular weight is 555 g/mol. The molecule has 0 saturated carbocycles. The largest absolute Gasteiger partial charge is 0.466 e. The Morgan fingerprint density at radius 1 is 1.23 bits per heavy atom. The van der Waals surface area contributed by atoms with Crippen LogP contribution in [0.5, 0.6) is 11.5 Å². The van der Waals surface area contributed by atoms with E-state index in [0.717, 1.165) is 15.6 Å². The number of thiazole rings is 1. The molecule has 0 bridgehead atoms. The van der Waals surface area contributed by atoms with Crippen molar-refractivity contribution in [3.63, 3.8) is 0 Å². The Balaban J connectivity index is 1.70. The molecule has 0 radical (unpaired) electrons. The lowest BCUT2D eigenvalue weighted by Crippen LogP contribution is -2.39. The molecule has 0 aliphatic carbocycles. The molecule has 7 nitrogen and oxygen atoms in total. The molecule has 0 amide bonds. The van der Waals surface area contributed by atoms with Gasteiger partial charge >= 0.3 is 5.97 Å². The molecule has 180 valence electrons. The SMILES string of the molecule is COC(=O)C1=C(C)N=c2s/c(=C\c3cc4c(cc3Br)OCO4)c(=O)n2[C@@H]1c1ccc(C(C)C)cc1. The van der Waals surface area contributed by atoms with Crippen LogP contribution in [-0.2, 0) is 9.53 Å². The number of hydrogen-bond donors (Lipinski definition) is 0. The highest BCUT2D eigenvalue weighted by Crippen LogP contribution is 2.37. The number of nitrogens with zero attached hydrogens (tertiary/aromatic N) is 2. The number of allylic oxidation sites excluding steroid dienone is 1. The zero-order valence-corrected chi connectivity index (χ0v) is 22.0. The van der Waals surface area contributed by atoms with Gasteiger partial charge in [-0.25, -0.2) is 9.79 Å². The smallest absolute Gasteiger partial charge is 0.338 e. The van der Waals surface area contributed by atoms with Crippen molar-refractivity contribution in [3.8, 4) is 11.5 Å². The van der Waals surface area contributed by atoms with Crippen molar-refractivity contribution in [2.45, 2.75) is 32.7 Å². The van der Waals surface area contributed by atoms with Gasteiger partial charge in [-0.05, 0) is 47.7 Å². The summed E-state index contributed by atoms with van der Waals surface area (Å²) >= 11 is 4.83. The Bertz CT molecular complexity index is 1550. The molecule has 9 heteroatoms. The predicted octanol–water partition coefficient (Wildman–Crippen LogP) is 4.02. The zero-order chi connectivity index (χ0) is 24.9. The molecule has 35 heavy (non-hydrogen) atoms. The van der Waals surface area contributed by atoms with Crippen molar-refractivity contribution in [3.05, 3.63) is 88.5 Å². The van der Waals surface area contributed by atoms with Crippen molar-refractivity contribution in [1.82, 2.24) is 4.57 Å². The molecule has 2 aliphatic rings. The highest BCUT2D eigenvalue weighted by Gasteiger charge is 2.33. The third kappa shape index (κ3) is 4.12. The summed E-state index contributed by atoms with van der Waals surface area (Å²) in [7, 11) is 1.34. The first-order valence-corrected chi connectivity index (χ1v) is 12.7. The number of aromatic nitrogens is 1. The van der Waals surface area contributed by atoms with Gasteiger partial charge in [-0.1, -0.05) is 65.4 Å². The van der Waals surface area contributed by atoms with Gasteiger partial charge in [0.15, 0.2) is 16.3 Å². The van der Waals surface area contributed by atoms with Crippen LogP contribution in [0.2, 0.25) is 0 Å². The van der Waals surface area contributed by atoms with E-state index in [0.29, 0.717) is 38.0 Å². The van der Waals surface area contributed by atoms with Gasteiger partial charge in [0, 0.05) is 4.47 Å². The minimum atomic E-state index is -0.637. The Morgan fingerprint density at radius 2 is 1.91 bits per heavy atom. The van der Waals surface area contributed by atoms with Gasteiger partial charge in [-0.3, -0.25) is 9.36 Å². The normalized spacial score (nSPS) is 17.0. The van der Waals surface area contributed by atoms with Gasteiger partial charge < -0.3 is 14.2 Å². The molecule has 3 heterocycles. The van der Waals surface area contributed by atoms with E-state index in [-0.39, 0.29) is 12.4 Å². The quantitative estimate of drug-likeness (QED) is 0.455. The van der Waals surface area contributed by atoms with E-state index >= 15 is 0 Å². The third-order valence-corrected chi connectivity index (χ3v) is 7.79. The first-order chi connectivity index (χ1) is 16.8. The second-order valence-corrected chi connectivity index (χ2v) is 10.5. The van der Waals surface area contributed by atoms with E-state index in [2.05, 4.69) is 34.8 Å². The van der Waals surface area contributed by atoms with Crippen molar-refractivity contribution in [2.24, 2.45) is 4.99 Å². The lowest BCUT2D eigenvalue weighted by molar-refractivity contribution is -0.136. The number of hydrogen-bond acceptors (Lipinski definition) is 7. The second kappa shape index (κ2) is 9.13. The minimum absolute atomic E-state index is 0.165. The van der Waals surface area contributed by atoms with Gasteiger partial charge in [-0.2, -0.15) is 0 Å². The van der Waals surface area contributed by atoms with Crippen LogP contribution in [0, 0.1) is 0 Å². The summed E-state index contributed by atoms with van der Waals surface area (Å²) in [6.07, 6.45) is 1.80. The van der Waals surface area contributed by atoms with Gasteiger partial charge in [0.2, 0.25) is 6.79 Å². The fraction of sp³-hybridized carbons (Fsp3) is 0.269. The van der Waals surface area contributed by atoms with E-state index in [1.807, 2.05) is 36.4 Å². The summed E-state index contributed by atoms with van der Waals surface area (Å²) < 4.78 is 18.9. The summed E-state index contributed by atoms with van der Waals surface area (Å²) in [5, 5.41) is 0. The van der Waals surface area contributed by atoms with Gasteiger partial charge in [-0.15, -0.1) is 0 Å². The Morgan fingerprint density at radius 3 is 2.57 bits per heavy atom. The minimum Gasteiger partial charge on any atom is -0.466 e. The number of methoxy groups -OCH3 is 1. The van der Waals surface area contributed by atoms with E-state index in [1.165, 1.54) is 24.0 Å². The lowest BCUT2D eigenvalue weighted by Gasteiger charge is -2.24. The summed E-state index contributed by atoms with van der Waals surface area (Å²) in [4.78, 5) is 31.7. The molecule has 0 saturated heterocycles. The van der Waals surface area contributed by atoms with E-state index in [4.69, 9.17) is 14.2 Å². The van der Waals surface area contributed by atoms with E-state index < -0.39 is 12.0 Å². The number of halogens is 1. The van der Waals surface area contributed by atoms with Crippen LogP contribution < -0.4 is 24.4 Å². The summed E-state index contributed by atoms with van der Waals surface area (Å²) in [6.45, 7) is 6.18. The van der Waals surface area contributed by atoms with E-state index in [9.17, 15) is 9.59 Å². The van der Waals surface area contributed by atoms with Gasteiger partial charge in [0.1, 0.15) is 0 Å². The molecule has 0 spiro atoms. The molecular formula is C26H23BrN2O5S. The van der Waals surface area contributed by atoms with Crippen LogP contribution >= 0.6 is 27.3 Å². The number of ether oxygens (including phenoxy) is 3. The van der Waals surface area contributed by atoms with E-state index in [1.54, 1.807) is 17.6 Å². The number of carbonyl (C=O) groups excluding carboxylic acids is 1. The van der Waals surface area contributed by atoms with Gasteiger partial charge in [0.05, 0.1) is 29.0 Å².